The Kier molecular flexibility index (Phi) is 3.82. The van der Waals surface area contributed by atoms with Crippen molar-refractivity contribution in [1.82, 2.24) is 5.32 Å². The van der Waals surface area contributed by atoms with Crippen LogP contribution < -0.4 is 10.1 Å². The van der Waals surface area contributed by atoms with Crippen molar-refractivity contribution in [3.63, 3.8) is 0 Å². The fourth-order valence-corrected chi connectivity index (χ4v) is 2.53. The molecule has 0 aliphatic rings. The third kappa shape index (κ3) is 2.51. The molecule has 0 aliphatic heterocycles. The van der Waals surface area contributed by atoms with Gasteiger partial charge in [-0.05, 0) is 43.1 Å². The molecule has 0 bridgehead atoms. The Balaban J connectivity index is 2.47. The van der Waals surface area contributed by atoms with E-state index in [1.165, 1.54) is 16.0 Å². The summed E-state index contributed by atoms with van der Waals surface area (Å²) in [6.07, 6.45) is 0. The lowest BCUT2D eigenvalue weighted by molar-refractivity contribution is 0.416. The molecule has 2 nitrogen and oxygen atoms in total. The molecule has 0 radical (unpaired) electrons. The highest BCUT2D eigenvalue weighted by atomic mass is 32.1. The zero-order valence-electron chi connectivity index (χ0n) is 10.4. The van der Waals surface area contributed by atoms with Gasteiger partial charge in [-0.25, -0.2) is 0 Å². The van der Waals surface area contributed by atoms with Gasteiger partial charge in [-0.3, -0.25) is 0 Å². The summed E-state index contributed by atoms with van der Waals surface area (Å²) in [6.45, 7) is 2.15. The second kappa shape index (κ2) is 5.34. The van der Waals surface area contributed by atoms with E-state index in [1.54, 1.807) is 18.4 Å². The zero-order valence-corrected chi connectivity index (χ0v) is 11.2. The van der Waals surface area contributed by atoms with Crippen molar-refractivity contribution < 1.29 is 4.74 Å². The summed E-state index contributed by atoms with van der Waals surface area (Å²) < 4.78 is 5.42. The van der Waals surface area contributed by atoms with Crippen LogP contribution >= 0.6 is 11.3 Å². The molecule has 2 aromatic rings. The molecule has 1 aromatic heterocycles. The van der Waals surface area contributed by atoms with Gasteiger partial charge >= 0.3 is 0 Å². The van der Waals surface area contributed by atoms with Crippen LogP contribution in [-0.2, 0) is 0 Å². The summed E-state index contributed by atoms with van der Waals surface area (Å²) in [5.74, 6) is 0.930. The van der Waals surface area contributed by atoms with Gasteiger partial charge in [-0.1, -0.05) is 12.1 Å². The van der Waals surface area contributed by atoms with Crippen molar-refractivity contribution in [2.45, 2.75) is 13.0 Å². The number of rotatable bonds is 4. The average molecular weight is 247 g/mol. The van der Waals surface area contributed by atoms with Gasteiger partial charge in [0, 0.05) is 16.5 Å². The molecule has 0 saturated heterocycles. The monoisotopic (exact) mass is 247 g/mol. The molecule has 0 aliphatic carbocycles. The third-order valence-corrected chi connectivity index (χ3v) is 3.85. The second-order valence-electron chi connectivity index (χ2n) is 3.95. The number of nitrogens with one attached hydrogen (secondary N) is 1. The van der Waals surface area contributed by atoms with E-state index in [-0.39, 0.29) is 0 Å². The van der Waals surface area contributed by atoms with E-state index in [0.29, 0.717) is 6.04 Å². The number of benzene rings is 1. The molecular weight excluding hydrogens is 230 g/mol. The first-order valence-electron chi connectivity index (χ1n) is 5.65. The lowest BCUT2D eigenvalue weighted by Gasteiger charge is -2.14. The quantitative estimate of drug-likeness (QED) is 0.889. The summed E-state index contributed by atoms with van der Waals surface area (Å²) in [5, 5.41) is 5.34. The number of thiophene rings is 1. The van der Waals surface area contributed by atoms with E-state index in [0.717, 1.165) is 5.75 Å². The van der Waals surface area contributed by atoms with Crippen LogP contribution in [0.2, 0.25) is 0 Å². The van der Waals surface area contributed by atoms with E-state index >= 15 is 0 Å². The smallest absolute Gasteiger partial charge is 0.127 e. The fourth-order valence-electron chi connectivity index (χ4n) is 1.79. The fraction of sp³-hybridized carbons (Fsp3) is 0.286. The van der Waals surface area contributed by atoms with E-state index < -0.39 is 0 Å². The standard InChI is InChI=1S/C14H17NOS/c1-10(15-2)11-6-7-13(16-3)12(9-11)14-5-4-8-17-14/h4-10,15H,1-3H3. The highest BCUT2D eigenvalue weighted by molar-refractivity contribution is 7.13. The summed E-state index contributed by atoms with van der Waals surface area (Å²) in [4.78, 5) is 1.24. The first kappa shape index (κ1) is 12.1. The molecule has 1 N–H and O–H groups in total. The first-order chi connectivity index (χ1) is 8.26. The minimum absolute atomic E-state index is 0.347. The molecule has 90 valence electrons. The highest BCUT2D eigenvalue weighted by Crippen LogP contribution is 2.35. The molecule has 0 amide bonds. The van der Waals surface area contributed by atoms with Crippen molar-refractivity contribution in [3.8, 4) is 16.2 Å². The summed E-state index contributed by atoms with van der Waals surface area (Å²) in [7, 11) is 3.69. The van der Waals surface area contributed by atoms with E-state index in [2.05, 4.69) is 41.9 Å². The van der Waals surface area contributed by atoms with Crippen LogP contribution in [0.15, 0.2) is 35.7 Å². The number of ether oxygens (including phenoxy) is 1. The van der Waals surface area contributed by atoms with Crippen LogP contribution in [0.5, 0.6) is 5.75 Å². The molecule has 1 unspecified atom stereocenters. The number of methoxy groups -OCH3 is 1. The van der Waals surface area contributed by atoms with Gasteiger partial charge in [0.05, 0.1) is 7.11 Å². The van der Waals surface area contributed by atoms with Gasteiger partial charge < -0.3 is 10.1 Å². The third-order valence-electron chi connectivity index (χ3n) is 2.94. The van der Waals surface area contributed by atoms with Crippen molar-refractivity contribution in [3.05, 3.63) is 41.3 Å². The maximum absolute atomic E-state index is 5.42. The largest absolute Gasteiger partial charge is 0.496 e. The Bertz CT molecular complexity index is 479. The van der Waals surface area contributed by atoms with Crippen molar-refractivity contribution in [1.29, 1.82) is 0 Å². The van der Waals surface area contributed by atoms with Gasteiger partial charge in [-0.15, -0.1) is 11.3 Å². The van der Waals surface area contributed by atoms with Gasteiger partial charge in [0.2, 0.25) is 0 Å². The van der Waals surface area contributed by atoms with E-state index in [9.17, 15) is 0 Å². The molecule has 17 heavy (non-hydrogen) atoms. The van der Waals surface area contributed by atoms with E-state index in [4.69, 9.17) is 4.74 Å². The maximum Gasteiger partial charge on any atom is 0.127 e. The molecule has 1 atom stereocenters. The number of hydrogen-bond acceptors (Lipinski definition) is 3. The van der Waals surface area contributed by atoms with Gasteiger partial charge in [-0.2, -0.15) is 0 Å². The number of hydrogen-bond donors (Lipinski definition) is 1. The van der Waals surface area contributed by atoms with Crippen molar-refractivity contribution in [2.24, 2.45) is 0 Å². The van der Waals surface area contributed by atoms with Gasteiger partial charge in [0.25, 0.3) is 0 Å². The maximum atomic E-state index is 5.42. The molecule has 0 spiro atoms. The predicted octanol–water partition coefficient (Wildman–Crippen LogP) is 3.70. The lowest BCUT2D eigenvalue weighted by Crippen LogP contribution is -2.12. The summed E-state index contributed by atoms with van der Waals surface area (Å²) >= 11 is 1.73. The minimum Gasteiger partial charge on any atom is -0.496 e. The second-order valence-corrected chi connectivity index (χ2v) is 4.90. The Morgan fingerprint density at radius 2 is 2.12 bits per heavy atom. The normalized spacial score (nSPS) is 12.4. The van der Waals surface area contributed by atoms with Crippen LogP contribution in [0.25, 0.3) is 10.4 Å². The van der Waals surface area contributed by atoms with Crippen LogP contribution in [0.4, 0.5) is 0 Å². The lowest BCUT2D eigenvalue weighted by atomic mass is 10.0. The topological polar surface area (TPSA) is 21.3 Å². The van der Waals surface area contributed by atoms with Gasteiger partial charge in [0.1, 0.15) is 5.75 Å². The molecule has 0 fully saturated rings. The molecular formula is C14H17NOS. The molecule has 1 aromatic carbocycles. The van der Waals surface area contributed by atoms with Crippen LogP contribution in [0, 0.1) is 0 Å². The molecule has 3 heteroatoms. The van der Waals surface area contributed by atoms with Crippen LogP contribution in [-0.4, -0.2) is 14.2 Å². The van der Waals surface area contributed by atoms with Crippen molar-refractivity contribution in [2.75, 3.05) is 14.2 Å². The predicted molar refractivity (Wildman–Crippen MR) is 73.8 cm³/mol. The summed E-state index contributed by atoms with van der Waals surface area (Å²) in [6, 6.07) is 10.9. The Morgan fingerprint density at radius 3 is 2.71 bits per heavy atom. The Labute approximate surface area is 106 Å². The average Bonchev–Trinajstić information content (AvgIpc) is 2.90. The summed E-state index contributed by atoms with van der Waals surface area (Å²) in [5.41, 5.74) is 2.44. The van der Waals surface area contributed by atoms with Gasteiger partial charge in [0.15, 0.2) is 0 Å². The zero-order chi connectivity index (χ0) is 12.3. The van der Waals surface area contributed by atoms with Crippen LogP contribution in [0.3, 0.4) is 0 Å². The van der Waals surface area contributed by atoms with Crippen molar-refractivity contribution >= 4 is 11.3 Å². The molecule has 0 saturated carbocycles. The first-order valence-corrected chi connectivity index (χ1v) is 6.53. The Morgan fingerprint density at radius 1 is 1.29 bits per heavy atom. The van der Waals surface area contributed by atoms with Crippen LogP contribution in [0.1, 0.15) is 18.5 Å². The SMILES string of the molecule is CNC(C)c1ccc(OC)c(-c2cccs2)c1. The molecule has 1 heterocycles. The minimum atomic E-state index is 0.347. The molecule has 2 rings (SSSR count). The highest BCUT2D eigenvalue weighted by Gasteiger charge is 2.10. The van der Waals surface area contributed by atoms with E-state index in [1.807, 2.05) is 13.1 Å². The Hall–Kier alpha value is -1.32.